The van der Waals surface area contributed by atoms with Crippen LogP contribution in [0.5, 0.6) is 0 Å². The van der Waals surface area contributed by atoms with Crippen LogP contribution in [0.15, 0.2) is 42.5 Å². The molecule has 3 heterocycles. The van der Waals surface area contributed by atoms with Crippen LogP contribution in [0, 0.1) is 12.7 Å². The van der Waals surface area contributed by atoms with E-state index in [9.17, 15) is 9.18 Å². The topological polar surface area (TPSA) is 49.0 Å². The average molecular weight is 363 g/mol. The van der Waals surface area contributed by atoms with Gasteiger partial charge in [-0.1, -0.05) is 12.1 Å². The summed E-state index contributed by atoms with van der Waals surface area (Å²) in [6.07, 6.45) is 4.03. The van der Waals surface area contributed by atoms with Crippen molar-refractivity contribution in [3.8, 4) is 0 Å². The van der Waals surface area contributed by atoms with Crippen LogP contribution in [0.3, 0.4) is 0 Å². The van der Waals surface area contributed by atoms with Crippen LogP contribution in [0.2, 0.25) is 0 Å². The van der Waals surface area contributed by atoms with E-state index < -0.39 is 0 Å². The van der Waals surface area contributed by atoms with E-state index in [4.69, 9.17) is 0 Å². The lowest BCUT2D eigenvalue weighted by atomic mass is 9.85. The fraction of sp³-hybridized carbons (Fsp3) is 0.364. The van der Waals surface area contributed by atoms with Crippen molar-refractivity contribution in [3.63, 3.8) is 0 Å². The number of nitrogens with one attached hydrogen (secondary N) is 1. The standard InChI is InChI=1S/C22H22FN3O/c1-13-24-20-9-4-15(12-21(20)25-13)22(27)26-18-7-8-19(26)11-16(10-18)14-2-5-17(23)6-3-14/h2-6,9,12,16,18-19H,7-8,10-11H2,1H3,(H,24,25)/t16-,18+,19-. The van der Waals surface area contributed by atoms with Gasteiger partial charge in [0.05, 0.1) is 11.0 Å². The first-order valence-electron chi connectivity index (χ1n) is 9.63. The van der Waals surface area contributed by atoms with Gasteiger partial charge in [-0.25, -0.2) is 9.37 Å². The normalized spacial score (nSPS) is 24.5. The number of halogens is 1. The first kappa shape index (κ1) is 16.5. The fourth-order valence-electron chi connectivity index (χ4n) is 4.94. The van der Waals surface area contributed by atoms with E-state index >= 15 is 0 Å². The molecule has 1 amide bonds. The minimum Gasteiger partial charge on any atom is -0.342 e. The summed E-state index contributed by atoms with van der Waals surface area (Å²) < 4.78 is 13.2. The van der Waals surface area contributed by atoms with Crippen molar-refractivity contribution in [1.82, 2.24) is 14.9 Å². The van der Waals surface area contributed by atoms with Gasteiger partial charge in [0.2, 0.25) is 0 Å². The number of aromatic amines is 1. The molecule has 2 bridgehead atoms. The molecule has 2 aliphatic heterocycles. The van der Waals surface area contributed by atoms with Gasteiger partial charge in [0.15, 0.2) is 0 Å². The third-order valence-corrected chi connectivity index (χ3v) is 6.16. The summed E-state index contributed by atoms with van der Waals surface area (Å²) in [5.41, 5.74) is 3.71. The maximum atomic E-state index is 13.2. The maximum absolute atomic E-state index is 13.2. The molecule has 0 radical (unpaired) electrons. The Morgan fingerprint density at radius 2 is 1.81 bits per heavy atom. The highest BCUT2D eigenvalue weighted by atomic mass is 19.1. The number of amides is 1. The molecule has 5 rings (SSSR count). The van der Waals surface area contributed by atoms with Crippen molar-refractivity contribution in [1.29, 1.82) is 0 Å². The summed E-state index contributed by atoms with van der Waals surface area (Å²) in [4.78, 5) is 23.0. The molecule has 0 saturated carbocycles. The Labute approximate surface area is 157 Å². The summed E-state index contributed by atoms with van der Waals surface area (Å²) in [7, 11) is 0. The Morgan fingerprint density at radius 1 is 1.11 bits per heavy atom. The molecule has 2 saturated heterocycles. The predicted molar refractivity (Wildman–Crippen MR) is 102 cm³/mol. The number of aryl methyl sites for hydroxylation is 1. The SMILES string of the molecule is Cc1nc2ccc(C(=O)N3[C@@H]4CC[C@H]3C[C@@H](c3ccc(F)cc3)C4)cc2[nH]1. The number of benzene rings is 2. The maximum Gasteiger partial charge on any atom is 0.254 e. The minimum atomic E-state index is -0.196. The molecule has 4 nitrogen and oxygen atoms in total. The molecule has 138 valence electrons. The molecule has 1 N–H and O–H groups in total. The molecule has 0 unspecified atom stereocenters. The van der Waals surface area contributed by atoms with Gasteiger partial charge in [-0.05, 0) is 74.4 Å². The van der Waals surface area contributed by atoms with Crippen molar-refractivity contribution < 1.29 is 9.18 Å². The number of fused-ring (bicyclic) bond motifs is 3. The number of carbonyl (C=O) groups is 1. The summed E-state index contributed by atoms with van der Waals surface area (Å²) in [6.45, 7) is 1.92. The highest BCUT2D eigenvalue weighted by Crippen LogP contribution is 2.43. The number of nitrogens with zero attached hydrogens (tertiary/aromatic N) is 2. The van der Waals surface area contributed by atoms with E-state index in [1.807, 2.05) is 37.3 Å². The third-order valence-electron chi connectivity index (χ3n) is 6.16. The van der Waals surface area contributed by atoms with E-state index in [0.717, 1.165) is 48.1 Å². The number of carbonyl (C=O) groups excluding carboxylic acids is 1. The van der Waals surface area contributed by atoms with E-state index in [1.54, 1.807) is 0 Å². The van der Waals surface area contributed by atoms with Crippen LogP contribution in [0.25, 0.3) is 11.0 Å². The molecule has 2 aromatic carbocycles. The Kier molecular flexibility index (Phi) is 3.78. The lowest BCUT2D eigenvalue weighted by molar-refractivity contribution is 0.0571. The number of piperidine rings is 1. The highest BCUT2D eigenvalue weighted by Gasteiger charge is 2.43. The zero-order valence-electron chi connectivity index (χ0n) is 15.3. The number of hydrogen-bond donors (Lipinski definition) is 1. The number of H-pyrrole nitrogens is 1. The zero-order valence-corrected chi connectivity index (χ0v) is 15.3. The largest absolute Gasteiger partial charge is 0.342 e. The molecular formula is C22H22FN3O. The highest BCUT2D eigenvalue weighted by molar-refractivity contribution is 5.98. The van der Waals surface area contributed by atoms with Crippen LogP contribution in [0.1, 0.15) is 53.3 Å². The van der Waals surface area contributed by atoms with Gasteiger partial charge in [-0.2, -0.15) is 0 Å². The van der Waals surface area contributed by atoms with Crippen LogP contribution in [0.4, 0.5) is 4.39 Å². The molecule has 0 spiro atoms. The Hall–Kier alpha value is -2.69. The van der Waals surface area contributed by atoms with E-state index in [0.29, 0.717) is 5.92 Å². The predicted octanol–water partition coefficient (Wildman–Crippen LogP) is 4.56. The van der Waals surface area contributed by atoms with Crippen molar-refractivity contribution in [2.75, 3.05) is 0 Å². The lowest BCUT2D eigenvalue weighted by Gasteiger charge is -2.39. The number of aromatic nitrogens is 2. The van der Waals surface area contributed by atoms with Gasteiger partial charge in [-0.3, -0.25) is 4.79 Å². The van der Waals surface area contributed by atoms with Crippen LogP contribution >= 0.6 is 0 Å². The second-order valence-corrected chi connectivity index (χ2v) is 7.87. The summed E-state index contributed by atoms with van der Waals surface area (Å²) in [5, 5.41) is 0. The van der Waals surface area contributed by atoms with E-state index in [2.05, 4.69) is 14.9 Å². The summed E-state index contributed by atoms with van der Waals surface area (Å²) in [5.74, 6) is 1.19. The minimum absolute atomic E-state index is 0.120. The summed E-state index contributed by atoms with van der Waals surface area (Å²) >= 11 is 0. The first-order valence-corrected chi connectivity index (χ1v) is 9.63. The van der Waals surface area contributed by atoms with Crippen molar-refractivity contribution in [3.05, 3.63) is 65.2 Å². The third kappa shape index (κ3) is 2.82. The molecule has 27 heavy (non-hydrogen) atoms. The molecular weight excluding hydrogens is 341 g/mol. The molecule has 2 aliphatic rings. The number of imidazole rings is 1. The van der Waals surface area contributed by atoms with Crippen LogP contribution in [-0.4, -0.2) is 32.9 Å². The Bertz CT molecular complexity index is 996. The average Bonchev–Trinajstić information content (AvgIpc) is 3.16. The van der Waals surface area contributed by atoms with E-state index in [1.165, 1.54) is 17.7 Å². The van der Waals surface area contributed by atoms with Gasteiger partial charge < -0.3 is 9.88 Å². The molecule has 3 atom stereocenters. The fourth-order valence-corrected chi connectivity index (χ4v) is 4.94. The van der Waals surface area contributed by atoms with Gasteiger partial charge in [0.25, 0.3) is 5.91 Å². The first-order chi connectivity index (χ1) is 13.1. The smallest absolute Gasteiger partial charge is 0.254 e. The number of rotatable bonds is 2. The van der Waals surface area contributed by atoms with Gasteiger partial charge >= 0.3 is 0 Å². The van der Waals surface area contributed by atoms with Gasteiger partial charge in [0.1, 0.15) is 11.6 Å². The monoisotopic (exact) mass is 363 g/mol. The van der Waals surface area contributed by atoms with Crippen LogP contribution < -0.4 is 0 Å². The van der Waals surface area contributed by atoms with Crippen molar-refractivity contribution in [2.24, 2.45) is 0 Å². The quantitative estimate of drug-likeness (QED) is 0.725. The lowest BCUT2D eigenvalue weighted by Crippen LogP contribution is -2.46. The van der Waals surface area contributed by atoms with Gasteiger partial charge in [-0.15, -0.1) is 0 Å². The molecule has 3 aromatic rings. The molecule has 0 aliphatic carbocycles. The number of hydrogen-bond acceptors (Lipinski definition) is 2. The molecule has 1 aromatic heterocycles. The Morgan fingerprint density at radius 3 is 2.52 bits per heavy atom. The van der Waals surface area contributed by atoms with Crippen LogP contribution in [-0.2, 0) is 0 Å². The van der Waals surface area contributed by atoms with Gasteiger partial charge in [0, 0.05) is 17.6 Å². The summed E-state index contributed by atoms with van der Waals surface area (Å²) in [6, 6.07) is 13.1. The van der Waals surface area contributed by atoms with Crippen molar-refractivity contribution >= 4 is 16.9 Å². The van der Waals surface area contributed by atoms with Crippen molar-refractivity contribution in [2.45, 2.75) is 50.6 Å². The zero-order chi connectivity index (χ0) is 18.5. The molecule has 5 heteroatoms. The second kappa shape index (κ2) is 6.19. The second-order valence-electron chi connectivity index (χ2n) is 7.87. The molecule has 2 fully saturated rings. The Balaban J connectivity index is 1.39. The van der Waals surface area contributed by atoms with E-state index in [-0.39, 0.29) is 23.8 Å².